The summed E-state index contributed by atoms with van der Waals surface area (Å²) < 4.78 is 35.6. The number of hydrogen-bond donors (Lipinski definition) is 2. The van der Waals surface area contributed by atoms with Gasteiger partial charge in [0.25, 0.3) is 0 Å². The van der Waals surface area contributed by atoms with Gasteiger partial charge in [-0.25, -0.2) is 13.8 Å². The molecule has 4 rings (SSSR count). The van der Waals surface area contributed by atoms with E-state index in [1.807, 2.05) is 7.05 Å². The van der Waals surface area contributed by atoms with Crippen molar-refractivity contribution >= 4 is 28.5 Å². The van der Waals surface area contributed by atoms with Crippen molar-refractivity contribution in [3.63, 3.8) is 0 Å². The lowest BCUT2D eigenvalue weighted by Crippen LogP contribution is -2.53. The highest BCUT2D eigenvalue weighted by molar-refractivity contribution is 7.99. The second-order valence-corrected chi connectivity index (χ2v) is 9.62. The molecule has 30 heavy (non-hydrogen) atoms. The molecule has 2 aliphatic rings. The van der Waals surface area contributed by atoms with Gasteiger partial charge in [-0.15, -0.1) is 0 Å². The van der Waals surface area contributed by atoms with E-state index in [1.54, 1.807) is 12.0 Å². The first-order chi connectivity index (χ1) is 14.4. The summed E-state index contributed by atoms with van der Waals surface area (Å²) in [7, 11) is 3.78. The number of benzene rings is 1. The Bertz CT molecular complexity index is 886. The fourth-order valence-electron chi connectivity index (χ4n) is 4.65. The third-order valence-electron chi connectivity index (χ3n) is 6.53. The number of imidazole rings is 1. The molecule has 4 unspecified atom stereocenters. The average molecular weight is 440 g/mol. The quantitative estimate of drug-likeness (QED) is 0.699. The average Bonchev–Trinajstić information content (AvgIpc) is 3.12. The lowest BCUT2D eigenvalue weighted by Gasteiger charge is -2.40. The Morgan fingerprint density at radius 3 is 2.67 bits per heavy atom. The van der Waals surface area contributed by atoms with Crippen molar-refractivity contribution in [2.24, 2.45) is 11.8 Å². The third kappa shape index (κ3) is 4.17. The van der Waals surface area contributed by atoms with Crippen molar-refractivity contribution < 1.29 is 13.5 Å². The maximum absolute atomic E-state index is 15.2. The van der Waals surface area contributed by atoms with Gasteiger partial charge in [0, 0.05) is 57.7 Å². The Kier molecular flexibility index (Phi) is 6.53. The number of H-pyrrole nitrogens is 1. The minimum absolute atomic E-state index is 0.0399. The van der Waals surface area contributed by atoms with E-state index in [0.29, 0.717) is 35.6 Å². The van der Waals surface area contributed by atoms with Gasteiger partial charge >= 0.3 is 0 Å². The highest BCUT2D eigenvalue weighted by Gasteiger charge is 2.34. The first kappa shape index (κ1) is 21.8. The van der Waals surface area contributed by atoms with Crippen LogP contribution in [-0.4, -0.2) is 79.6 Å². The van der Waals surface area contributed by atoms with Gasteiger partial charge in [0.15, 0.2) is 16.8 Å². The zero-order valence-electron chi connectivity index (χ0n) is 18.0. The standard InChI is InChI=1S/C21H31F2N5OS/c1-12-10-24-16(13(2)20(12)29-4)11-30-21-25-15-9-14(22)19(17(23)18(15)26-21)28-7-5-27(3)6-8-28/h9,12-13,16,20,24H,5-8,10-11H2,1-4H3,(H,25,26). The summed E-state index contributed by atoms with van der Waals surface area (Å²) in [5.41, 5.74) is 0.650. The molecule has 0 amide bonds. The van der Waals surface area contributed by atoms with Crippen LogP contribution in [0.1, 0.15) is 13.8 Å². The molecule has 0 aliphatic carbocycles. The summed E-state index contributed by atoms with van der Waals surface area (Å²) in [5, 5.41) is 4.19. The Hall–Kier alpha value is -1.42. The topological polar surface area (TPSA) is 56.4 Å². The van der Waals surface area contributed by atoms with Crippen molar-refractivity contribution in [1.82, 2.24) is 20.2 Å². The van der Waals surface area contributed by atoms with Gasteiger partial charge in [-0.05, 0) is 18.9 Å². The van der Waals surface area contributed by atoms with E-state index in [-0.39, 0.29) is 23.3 Å². The number of piperazine rings is 1. The van der Waals surface area contributed by atoms with Crippen molar-refractivity contribution in [3.8, 4) is 0 Å². The maximum atomic E-state index is 15.2. The van der Waals surface area contributed by atoms with Crippen LogP contribution in [0.4, 0.5) is 14.5 Å². The number of hydrogen-bond acceptors (Lipinski definition) is 6. The number of nitrogens with zero attached hydrogens (tertiary/aromatic N) is 3. The number of anilines is 1. The number of aromatic nitrogens is 2. The molecule has 6 nitrogen and oxygen atoms in total. The Labute approximate surface area is 180 Å². The molecule has 2 saturated heterocycles. The van der Waals surface area contributed by atoms with E-state index in [1.165, 1.54) is 17.8 Å². The predicted octanol–water partition coefficient (Wildman–Crippen LogP) is 2.94. The fraction of sp³-hybridized carbons (Fsp3) is 0.667. The van der Waals surface area contributed by atoms with Crippen LogP contribution in [0.3, 0.4) is 0 Å². The minimum Gasteiger partial charge on any atom is -0.381 e. The van der Waals surface area contributed by atoms with Gasteiger partial charge in [-0.2, -0.15) is 0 Å². The van der Waals surface area contributed by atoms with E-state index in [9.17, 15) is 4.39 Å². The zero-order valence-corrected chi connectivity index (χ0v) is 18.9. The number of thioether (sulfide) groups is 1. The second-order valence-electron chi connectivity index (χ2n) is 8.61. The minimum atomic E-state index is -0.574. The number of piperidine rings is 1. The number of fused-ring (bicyclic) bond motifs is 1. The molecule has 2 N–H and O–H groups in total. The molecule has 0 bridgehead atoms. The number of nitrogens with one attached hydrogen (secondary N) is 2. The molecular weight excluding hydrogens is 408 g/mol. The number of methoxy groups -OCH3 is 1. The van der Waals surface area contributed by atoms with E-state index >= 15 is 4.39 Å². The number of ether oxygens (including phenoxy) is 1. The molecule has 166 valence electrons. The van der Waals surface area contributed by atoms with Gasteiger partial charge in [0.05, 0.1) is 11.6 Å². The number of halogens is 2. The smallest absolute Gasteiger partial charge is 0.177 e. The lowest BCUT2D eigenvalue weighted by atomic mass is 9.84. The second kappa shape index (κ2) is 8.98. The van der Waals surface area contributed by atoms with Crippen LogP contribution >= 0.6 is 11.8 Å². The van der Waals surface area contributed by atoms with E-state index in [2.05, 4.69) is 34.0 Å². The highest BCUT2D eigenvalue weighted by atomic mass is 32.2. The van der Waals surface area contributed by atoms with Gasteiger partial charge in [-0.3, -0.25) is 0 Å². The van der Waals surface area contributed by atoms with E-state index in [0.717, 1.165) is 25.4 Å². The third-order valence-corrected chi connectivity index (χ3v) is 7.52. The summed E-state index contributed by atoms with van der Waals surface area (Å²) >= 11 is 1.53. The summed E-state index contributed by atoms with van der Waals surface area (Å²) in [6, 6.07) is 1.64. The Balaban J connectivity index is 1.50. The van der Waals surface area contributed by atoms with Crippen LogP contribution in [0, 0.1) is 23.5 Å². The first-order valence-electron chi connectivity index (χ1n) is 10.6. The van der Waals surface area contributed by atoms with Gasteiger partial charge < -0.3 is 24.8 Å². The monoisotopic (exact) mass is 439 g/mol. The molecular formula is C21H31F2N5OS. The first-order valence-corrected chi connectivity index (χ1v) is 11.6. The highest BCUT2D eigenvalue weighted by Crippen LogP contribution is 2.33. The molecule has 9 heteroatoms. The van der Waals surface area contributed by atoms with Gasteiger partial charge in [-0.1, -0.05) is 25.6 Å². The number of rotatable bonds is 5. The van der Waals surface area contributed by atoms with Crippen LogP contribution in [0.2, 0.25) is 0 Å². The van der Waals surface area contributed by atoms with Crippen LogP contribution < -0.4 is 10.2 Å². The molecule has 0 spiro atoms. The molecule has 0 radical (unpaired) electrons. The van der Waals surface area contributed by atoms with E-state index in [4.69, 9.17) is 4.74 Å². The Morgan fingerprint density at radius 1 is 1.23 bits per heavy atom. The fourth-order valence-corrected chi connectivity index (χ4v) is 5.75. The van der Waals surface area contributed by atoms with Crippen LogP contribution in [0.5, 0.6) is 0 Å². The summed E-state index contributed by atoms with van der Waals surface area (Å²) in [6.45, 7) is 8.06. The number of aromatic amines is 1. The van der Waals surface area contributed by atoms with Crippen LogP contribution in [-0.2, 0) is 4.74 Å². The van der Waals surface area contributed by atoms with Crippen molar-refractivity contribution in [2.75, 3.05) is 57.5 Å². The molecule has 1 aromatic carbocycles. The molecule has 0 saturated carbocycles. The van der Waals surface area contributed by atoms with Gasteiger partial charge in [0.1, 0.15) is 11.2 Å². The summed E-state index contributed by atoms with van der Waals surface area (Å²) in [6.07, 6.45) is 0.213. The van der Waals surface area contributed by atoms with Crippen molar-refractivity contribution in [1.29, 1.82) is 0 Å². The number of likely N-dealkylation sites (N-methyl/N-ethyl adjacent to an activating group) is 1. The van der Waals surface area contributed by atoms with Crippen LogP contribution in [0.15, 0.2) is 11.2 Å². The van der Waals surface area contributed by atoms with E-state index < -0.39 is 11.6 Å². The molecule has 3 heterocycles. The molecule has 2 aromatic rings. The lowest BCUT2D eigenvalue weighted by molar-refractivity contribution is -0.0135. The SMILES string of the molecule is COC1C(C)CNC(CSc2nc3c(F)c(N4CCN(C)CC4)c(F)cc3[nH]2)C1C. The van der Waals surface area contributed by atoms with Crippen LogP contribution in [0.25, 0.3) is 11.0 Å². The molecule has 4 atom stereocenters. The molecule has 1 aromatic heterocycles. The molecule has 2 fully saturated rings. The van der Waals surface area contributed by atoms with Crippen molar-refractivity contribution in [2.45, 2.75) is 31.1 Å². The predicted molar refractivity (Wildman–Crippen MR) is 117 cm³/mol. The largest absolute Gasteiger partial charge is 0.381 e. The molecule has 2 aliphatic heterocycles. The van der Waals surface area contributed by atoms with Gasteiger partial charge in [0.2, 0.25) is 0 Å². The summed E-state index contributed by atoms with van der Waals surface area (Å²) in [4.78, 5) is 11.5. The Morgan fingerprint density at radius 2 is 1.97 bits per heavy atom. The zero-order chi connectivity index (χ0) is 21.4. The van der Waals surface area contributed by atoms with Crippen molar-refractivity contribution in [3.05, 3.63) is 17.7 Å². The maximum Gasteiger partial charge on any atom is 0.177 e. The summed E-state index contributed by atoms with van der Waals surface area (Å²) in [5.74, 6) is 0.485. The normalized spacial score (nSPS) is 28.4.